The summed E-state index contributed by atoms with van der Waals surface area (Å²) in [4.78, 5) is 0. The van der Waals surface area contributed by atoms with E-state index in [2.05, 4.69) is 32.2 Å². The van der Waals surface area contributed by atoms with Crippen molar-refractivity contribution in [1.29, 1.82) is 0 Å². The molecule has 0 spiro atoms. The quantitative estimate of drug-likeness (QED) is 0.273. The number of methoxy groups -OCH3 is 2. The van der Waals surface area contributed by atoms with Gasteiger partial charge in [0.25, 0.3) is 0 Å². The molecule has 0 aliphatic rings. The van der Waals surface area contributed by atoms with Gasteiger partial charge in [0, 0.05) is 32.5 Å². The van der Waals surface area contributed by atoms with Crippen molar-refractivity contribution in [3.63, 3.8) is 0 Å². The summed E-state index contributed by atoms with van der Waals surface area (Å²) in [5, 5.41) is 3.53. The van der Waals surface area contributed by atoms with Gasteiger partial charge in [0.1, 0.15) is 13.2 Å². The summed E-state index contributed by atoms with van der Waals surface area (Å²) in [6.07, 6.45) is 2.53. The van der Waals surface area contributed by atoms with Crippen LogP contribution in [0.25, 0.3) is 0 Å². The van der Waals surface area contributed by atoms with Gasteiger partial charge in [-0.05, 0) is 18.6 Å². The molecular formula is C22H41NO4Si. The van der Waals surface area contributed by atoms with E-state index in [1.807, 2.05) is 12.1 Å². The van der Waals surface area contributed by atoms with E-state index in [4.69, 9.17) is 18.9 Å². The molecule has 28 heavy (non-hydrogen) atoms. The number of benzene rings is 1. The first-order chi connectivity index (χ1) is 13.6. The molecule has 0 atom stereocenters. The fourth-order valence-electron chi connectivity index (χ4n) is 3.46. The highest BCUT2D eigenvalue weighted by atomic mass is 28.3. The fraction of sp³-hybridized carbons (Fsp3) is 0.727. The van der Waals surface area contributed by atoms with Crippen LogP contribution in [0.1, 0.15) is 33.6 Å². The van der Waals surface area contributed by atoms with E-state index in [1.54, 1.807) is 14.2 Å². The SMILES string of the molecule is CC[Si](CC)(CC)CCCCNc1ccc(OCCOC)c(OCCOC)c1. The fourth-order valence-corrected chi connectivity index (χ4v) is 7.02. The van der Waals surface area contributed by atoms with Crippen molar-refractivity contribution in [2.24, 2.45) is 0 Å². The summed E-state index contributed by atoms with van der Waals surface area (Å²) in [5.74, 6) is 1.48. The molecular weight excluding hydrogens is 370 g/mol. The number of ether oxygens (including phenoxy) is 4. The highest BCUT2D eigenvalue weighted by molar-refractivity contribution is 6.79. The third-order valence-electron chi connectivity index (χ3n) is 5.75. The number of nitrogens with one attached hydrogen (secondary N) is 1. The van der Waals surface area contributed by atoms with E-state index in [1.165, 1.54) is 37.0 Å². The Kier molecular flexibility index (Phi) is 13.0. The second-order valence-corrected chi connectivity index (χ2v) is 12.9. The second-order valence-electron chi connectivity index (χ2n) is 7.29. The van der Waals surface area contributed by atoms with Crippen molar-refractivity contribution >= 4 is 13.8 Å². The molecule has 0 radical (unpaired) electrons. The molecule has 162 valence electrons. The molecule has 1 rings (SSSR count). The molecule has 0 saturated carbocycles. The summed E-state index contributed by atoms with van der Waals surface area (Å²) in [5.41, 5.74) is 1.07. The van der Waals surface area contributed by atoms with E-state index in [0.29, 0.717) is 26.4 Å². The van der Waals surface area contributed by atoms with Gasteiger partial charge in [-0.25, -0.2) is 0 Å². The van der Waals surface area contributed by atoms with E-state index in [9.17, 15) is 0 Å². The molecule has 1 N–H and O–H groups in total. The van der Waals surface area contributed by atoms with Crippen LogP contribution in [-0.4, -0.2) is 55.3 Å². The third kappa shape index (κ3) is 8.84. The summed E-state index contributed by atoms with van der Waals surface area (Å²) in [7, 11) is 2.35. The monoisotopic (exact) mass is 411 g/mol. The Morgan fingerprint density at radius 1 is 0.786 bits per heavy atom. The van der Waals surface area contributed by atoms with Gasteiger partial charge in [-0.15, -0.1) is 0 Å². The predicted molar refractivity (Wildman–Crippen MR) is 121 cm³/mol. The van der Waals surface area contributed by atoms with Crippen LogP contribution in [0.3, 0.4) is 0 Å². The standard InChI is InChI=1S/C22H41NO4Si/c1-6-28(7-2,8-3)18-10-9-13-23-20-11-12-21(26-16-14-24-4)22(19-20)27-17-15-25-5/h11-12,19,23H,6-10,13-18H2,1-5H3. The number of hydrogen-bond donors (Lipinski definition) is 1. The zero-order valence-corrected chi connectivity index (χ0v) is 19.6. The molecule has 0 saturated heterocycles. The predicted octanol–water partition coefficient (Wildman–Crippen LogP) is 5.44. The Bertz CT molecular complexity index is 515. The average molecular weight is 412 g/mol. The zero-order valence-electron chi connectivity index (χ0n) is 18.6. The van der Waals surface area contributed by atoms with Crippen molar-refractivity contribution in [2.75, 3.05) is 52.5 Å². The molecule has 0 aromatic heterocycles. The summed E-state index contributed by atoms with van der Waals surface area (Å²) >= 11 is 0. The van der Waals surface area contributed by atoms with Gasteiger partial charge in [0.05, 0.1) is 21.3 Å². The lowest BCUT2D eigenvalue weighted by atomic mass is 10.2. The maximum Gasteiger partial charge on any atom is 0.163 e. The van der Waals surface area contributed by atoms with Gasteiger partial charge in [0.15, 0.2) is 11.5 Å². The van der Waals surface area contributed by atoms with Crippen LogP contribution in [0.15, 0.2) is 18.2 Å². The zero-order chi connectivity index (χ0) is 20.7. The molecule has 0 amide bonds. The Labute approximate surface area is 173 Å². The summed E-state index contributed by atoms with van der Waals surface area (Å²) in [6.45, 7) is 10.3. The van der Waals surface area contributed by atoms with Crippen molar-refractivity contribution < 1.29 is 18.9 Å². The van der Waals surface area contributed by atoms with E-state index >= 15 is 0 Å². The third-order valence-corrected chi connectivity index (χ3v) is 11.7. The van der Waals surface area contributed by atoms with Gasteiger partial charge < -0.3 is 24.3 Å². The summed E-state index contributed by atoms with van der Waals surface area (Å²) in [6, 6.07) is 11.7. The first kappa shape index (κ1) is 24.8. The Hall–Kier alpha value is -1.24. The minimum absolute atomic E-state index is 0.498. The minimum atomic E-state index is -0.984. The van der Waals surface area contributed by atoms with Gasteiger partial charge in [-0.3, -0.25) is 0 Å². The molecule has 1 aromatic carbocycles. The Balaban J connectivity index is 2.54. The van der Waals surface area contributed by atoms with Gasteiger partial charge in [-0.1, -0.05) is 51.4 Å². The molecule has 1 aromatic rings. The molecule has 0 aliphatic heterocycles. The van der Waals surface area contributed by atoms with E-state index < -0.39 is 8.07 Å². The molecule has 0 fully saturated rings. The second kappa shape index (κ2) is 14.7. The van der Waals surface area contributed by atoms with Gasteiger partial charge in [0.2, 0.25) is 0 Å². The van der Waals surface area contributed by atoms with Crippen LogP contribution in [0.4, 0.5) is 5.69 Å². The van der Waals surface area contributed by atoms with Crippen molar-refractivity contribution in [3.8, 4) is 11.5 Å². The normalized spacial score (nSPS) is 11.5. The largest absolute Gasteiger partial charge is 0.487 e. The maximum absolute atomic E-state index is 5.84. The van der Waals surface area contributed by atoms with Crippen LogP contribution in [0, 0.1) is 0 Å². The lowest BCUT2D eigenvalue weighted by Crippen LogP contribution is -2.30. The number of anilines is 1. The number of hydrogen-bond acceptors (Lipinski definition) is 5. The molecule has 0 aliphatic carbocycles. The van der Waals surface area contributed by atoms with Crippen LogP contribution in [0.5, 0.6) is 11.5 Å². The van der Waals surface area contributed by atoms with Gasteiger partial charge >= 0.3 is 0 Å². The lowest BCUT2D eigenvalue weighted by Gasteiger charge is -2.28. The van der Waals surface area contributed by atoms with Crippen LogP contribution in [-0.2, 0) is 9.47 Å². The smallest absolute Gasteiger partial charge is 0.163 e. The van der Waals surface area contributed by atoms with Gasteiger partial charge in [-0.2, -0.15) is 0 Å². The first-order valence-electron chi connectivity index (χ1n) is 10.8. The topological polar surface area (TPSA) is 49.0 Å². The highest BCUT2D eigenvalue weighted by Crippen LogP contribution is 2.31. The van der Waals surface area contributed by atoms with Crippen LogP contribution in [0.2, 0.25) is 24.2 Å². The first-order valence-corrected chi connectivity index (χ1v) is 13.6. The number of rotatable bonds is 17. The maximum atomic E-state index is 5.84. The van der Waals surface area contributed by atoms with Crippen LogP contribution >= 0.6 is 0 Å². The number of unbranched alkanes of at least 4 members (excludes halogenated alkanes) is 1. The molecule has 0 bridgehead atoms. The lowest BCUT2D eigenvalue weighted by molar-refractivity contribution is 0.132. The molecule has 0 heterocycles. The van der Waals surface area contributed by atoms with Crippen molar-refractivity contribution in [1.82, 2.24) is 0 Å². The average Bonchev–Trinajstić information content (AvgIpc) is 2.73. The molecule has 6 heteroatoms. The van der Waals surface area contributed by atoms with Crippen molar-refractivity contribution in [3.05, 3.63) is 18.2 Å². The highest BCUT2D eigenvalue weighted by Gasteiger charge is 2.25. The molecule has 5 nitrogen and oxygen atoms in total. The Morgan fingerprint density at radius 2 is 1.39 bits per heavy atom. The minimum Gasteiger partial charge on any atom is -0.487 e. The summed E-state index contributed by atoms with van der Waals surface area (Å²) < 4.78 is 21.7. The Morgan fingerprint density at radius 3 is 1.96 bits per heavy atom. The molecule has 0 unspecified atom stereocenters. The van der Waals surface area contributed by atoms with E-state index in [-0.39, 0.29) is 0 Å². The van der Waals surface area contributed by atoms with Crippen molar-refractivity contribution in [2.45, 2.75) is 57.8 Å². The van der Waals surface area contributed by atoms with E-state index in [0.717, 1.165) is 23.7 Å². The van der Waals surface area contributed by atoms with Crippen LogP contribution < -0.4 is 14.8 Å².